The van der Waals surface area contributed by atoms with Gasteiger partial charge >= 0.3 is 0 Å². The van der Waals surface area contributed by atoms with E-state index in [0.717, 1.165) is 19.4 Å². The third-order valence-corrected chi connectivity index (χ3v) is 5.86. The number of carbonyl (C=O) groups excluding carboxylic acids is 1. The second kappa shape index (κ2) is 7.60. The van der Waals surface area contributed by atoms with Gasteiger partial charge in [-0.25, -0.2) is 0 Å². The lowest BCUT2D eigenvalue weighted by Crippen LogP contribution is -2.55. The van der Waals surface area contributed by atoms with Crippen LogP contribution in [0.1, 0.15) is 27.2 Å². The van der Waals surface area contributed by atoms with Crippen molar-refractivity contribution in [3.8, 4) is 0 Å². The van der Waals surface area contributed by atoms with Crippen molar-refractivity contribution in [1.82, 2.24) is 20.0 Å². The van der Waals surface area contributed by atoms with Gasteiger partial charge in [0, 0.05) is 31.9 Å². The summed E-state index contributed by atoms with van der Waals surface area (Å²) < 4.78 is 1.61. The zero-order chi connectivity index (χ0) is 19.6. The van der Waals surface area contributed by atoms with Crippen LogP contribution in [0.15, 0.2) is 66.9 Å². The fourth-order valence-corrected chi connectivity index (χ4v) is 4.16. The van der Waals surface area contributed by atoms with Crippen LogP contribution in [0.5, 0.6) is 0 Å². The summed E-state index contributed by atoms with van der Waals surface area (Å²) in [5.74, 6) is -0.0801. The second-order valence-corrected chi connectivity index (χ2v) is 7.71. The van der Waals surface area contributed by atoms with E-state index >= 15 is 0 Å². The van der Waals surface area contributed by atoms with Gasteiger partial charge in [0.1, 0.15) is 5.69 Å². The molecule has 0 unspecified atom stereocenters. The van der Waals surface area contributed by atoms with Gasteiger partial charge in [-0.15, -0.1) is 0 Å². The highest BCUT2D eigenvalue weighted by molar-refractivity contribution is 5.92. The van der Waals surface area contributed by atoms with Crippen LogP contribution in [0.25, 0.3) is 0 Å². The summed E-state index contributed by atoms with van der Waals surface area (Å²) in [6.45, 7) is 1.44. The Morgan fingerprint density at radius 1 is 1.07 bits per heavy atom. The molecule has 1 N–H and O–H groups in total. The fraction of sp³-hybridized carbons (Fsp3) is 0.304. The topological polar surface area (TPSA) is 50.2 Å². The van der Waals surface area contributed by atoms with Crippen LogP contribution in [0.4, 0.5) is 0 Å². The zero-order valence-electron chi connectivity index (χ0n) is 16.4. The first-order valence-electron chi connectivity index (χ1n) is 9.66. The number of rotatable bonds is 6. The lowest BCUT2D eigenvalue weighted by molar-refractivity contribution is 0.0848. The number of carbonyl (C=O) groups is 1. The molecule has 144 valence electrons. The van der Waals surface area contributed by atoms with Gasteiger partial charge in [0.05, 0.1) is 0 Å². The molecule has 1 aromatic heterocycles. The molecule has 2 aromatic carbocycles. The fourth-order valence-electron chi connectivity index (χ4n) is 4.16. The highest BCUT2D eigenvalue weighted by atomic mass is 16.2. The van der Waals surface area contributed by atoms with Gasteiger partial charge in [-0.3, -0.25) is 14.4 Å². The first-order valence-corrected chi connectivity index (χ1v) is 9.66. The predicted octanol–water partition coefficient (Wildman–Crippen LogP) is 2.82. The third-order valence-electron chi connectivity index (χ3n) is 5.86. The molecule has 1 heterocycles. The molecule has 28 heavy (non-hydrogen) atoms. The number of benzene rings is 2. The molecule has 0 bridgehead atoms. The van der Waals surface area contributed by atoms with Crippen LogP contribution in [0.3, 0.4) is 0 Å². The van der Waals surface area contributed by atoms with Crippen LogP contribution in [-0.4, -0.2) is 39.7 Å². The van der Waals surface area contributed by atoms with Crippen LogP contribution in [0, 0.1) is 0 Å². The third kappa shape index (κ3) is 3.58. The lowest BCUT2D eigenvalue weighted by Gasteiger charge is -2.39. The minimum Gasteiger partial charge on any atom is -0.349 e. The SMILES string of the molecule is CN(Cc1ccccc1)C1(CNC(=O)c2ccnn2C)Cc2ccccc2C1. The molecule has 1 amide bonds. The van der Waals surface area contributed by atoms with E-state index in [1.807, 2.05) is 6.07 Å². The molecule has 0 fully saturated rings. The maximum atomic E-state index is 12.7. The minimum absolute atomic E-state index is 0.0801. The van der Waals surface area contributed by atoms with E-state index in [-0.39, 0.29) is 11.4 Å². The van der Waals surface area contributed by atoms with Gasteiger partial charge in [0.25, 0.3) is 5.91 Å². The van der Waals surface area contributed by atoms with Gasteiger partial charge in [0.2, 0.25) is 0 Å². The van der Waals surface area contributed by atoms with E-state index in [9.17, 15) is 4.79 Å². The number of aryl methyl sites for hydroxylation is 1. The highest BCUT2D eigenvalue weighted by Gasteiger charge is 2.41. The molecule has 0 saturated carbocycles. The number of amides is 1. The predicted molar refractivity (Wildman–Crippen MR) is 110 cm³/mol. The standard InChI is InChI=1S/C23H26N4O/c1-26(16-18-8-4-3-5-9-18)23(14-19-10-6-7-11-20(19)15-23)17-24-22(28)21-12-13-25-27(21)2/h3-13H,14-17H2,1-2H3,(H,24,28). The summed E-state index contributed by atoms with van der Waals surface area (Å²) in [6, 6.07) is 20.8. The zero-order valence-corrected chi connectivity index (χ0v) is 16.4. The van der Waals surface area contributed by atoms with Crippen LogP contribution in [0.2, 0.25) is 0 Å². The van der Waals surface area contributed by atoms with E-state index < -0.39 is 0 Å². The Balaban J connectivity index is 1.56. The number of nitrogens with one attached hydrogen (secondary N) is 1. The molecular weight excluding hydrogens is 348 g/mol. The molecular formula is C23H26N4O. The number of nitrogens with zero attached hydrogens (tertiary/aromatic N) is 3. The average Bonchev–Trinajstić information content (AvgIpc) is 3.31. The largest absolute Gasteiger partial charge is 0.349 e. The number of hydrogen-bond acceptors (Lipinski definition) is 3. The first kappa shape index (κ1) is 18.4. The minimum atomic E-state index is -0.145. The monoisotopic (exact) mass is 374 g/mol. The Morgan fingerprint density at radius 2 is 1.71 bits per heavy atom. The Kier molecular flexibility index (Phi) is 5.01. The van der Waals surface area contributed by atoms with E-state index in [1.54, 1.807) is 24.0 Å². The average molecular weight is 374 g/mol. The number of fused-ring (bicyclic) bond motifs is 1. The summed E-state index contributed by atoms with van der Waals surface area (Å²) >= 11 is 0. The lowest BCUT2D eigenvalue weighted by atomic mass is 9.92. The van der Waals surface area contributed by atoms with Crippen LogP contribution in [-0.2, 0) is 26.4 Å². The van der Waals surface area contributed by atoms with E-state index in [0.29, 0.717) is 12.2 Å². The van der Waals surface area contributed by atoms with Gasteiger partial charge in [0.15, 0.2) is 0 Å². The summed E-state index contributed by atoms with van der Waals surface area (Å²) in [4.78, 5) is 15.1. The quantitative estimate of drug-likeness (QED) is 0.722. The maximum absolute atomic E-state index is 12.7. The van der Waals surface area contributed by atoms with Crippen molar-refractivity contribution in [3.05, 3.63) is 89.2 Å². The van der Waals surface area contributed by atoms with Crippen molar-refractivity contribution >= 4 is 5.91 Å². The first-order chi connectivity index (χ1) is 13.6. The molecule has 1 aliphatic rings. The van der Waals surface area contributed by atoms with Crippen molar-refractivity contribution in [2.45, 2.75) is 24.9 Å². The molecule has 5 heteroatoms. The Hall–Kier alpha value is -2.92. The number of likely N-dealkylation sites (N-methyl/N-ethyl adjacent to an activating group) is 1. The molecule has 0 spiro atoms. The molecule has 0 atom stereocenters. The summed E-state index contributed by atoms with van der Waals surface area (Å²) in [5.41, 5.74) is 4.46. The van der Waals surface area contributed by atoms with Crippen LogP contribution < -0.4 is 5.32 Å². The molecule has 1 aliphatic carbocycles. The Labute approximate surface area is 166 Å². The molecule has 4 rings (SSSR count). The molecule has 3 aromatic rings. The van der Waals surface area contributed by atoms with Crippen molar-refractivity contribution in [2.75, 3.05) is 13.6 Å². The smallest absolute Gasteiger partial charge is 0.269 e. The number of aromatic nitrogens is 2. The molecule has 0 aliphatic heterocycles. The van der Waals surface area contributed by atoms with E-state index in [2.05, 4.69) is 70.9 Å². The Bertz CT molecular complexity index is 938. The summed E-state index contributed by atoms with van der Waals surface area (Å²) in [6.07, 6.45) is 3.51. The Morgan fingerprint density at radius 3 is 2.32 bits per heavy atom. The van der Waals surface area contributed by atoms with Crippen molar-refractivity contribution in [1.29, 1.82) is 0 Å². The van der Waals surface area contributed by atoms with Crippen LogP contribution >= 0.6 is 0 Å². The molecule has 0 radical (unpaired) electrons. The normalized spacial score (nSPS) is 14.8. The van der Waals surface area contributed by atoms with E-state index in [1.165, 1.54) is 16.7 Å². The maximum Gasteiger partial charge on any atom is 0.269 e. The van der Waals surface area contributed by atoms with Crippen molar-refractivity contribution < 1.29 is 4.79 Å². The van der Waals surface area contributed by atoms with Gasteiger partial charge in [-0.1, -0.05) is 54.6 Å². The summed E-state index contributed by atoms with van der Waals surface area (Å²) in [7, 11) is 3.95. The van der Waals surface area contributed by atoms with Gasteiger partial charge in [-0.2, -0.15) is 5.10 Å². The molecule has 0 saturated heterocycles. The number of hydrogen-bond donors (Lipinski definition) is 1. The highest BCUT2D eigenvalue weighted by Crippen LogP contribution is 2.34. The van der Waals surface area contributed by atoms with E-state index in [4.69, 9.17) is 0 Å². The molecule has 5 nitrogen and oxygen atoms in total. The summed E-state index contributed by atoms with van der Waals surface area (Å²) in [5, 5.41) is 7.27. The van der Waals surface area contributed by atoms with Gasteiger partial charge < -0.3 is 5.32 Å². The van der Waals surface area contributed by atoms with Gasteiger partial charge in [-0.05, 0) is 42.6 Å². The van der Waals surface area contributed by atoms with Crippen molar-refractivity contribution in [3.63, 3.8) is 0 Å². The van der Waals surface area contributed by atoms with Crippen molar-refractivity contribution in [2.24, 2.45) is 7.05 Å². The second-order valence-electron chi connectivity index (χ2n) is 7.71.